The molecule has 0 N–H and O–H groups in total. The fraction of sp³-hybridized carbons (Fsp3) is 0.0625. The van der Waals surface area contributed by atoms with Crippen molar-refractivity contribution in [3.63, 3.8) is 0 Å². The van der Waals surface area contributed by atoms with Crippen LogP contribution in [0, 0.1) is 0 Å². The van der Waals surface area contributed by atoms with E-state index < -0.39 is 5.97 Å². The van der Waals surface area contributed by atoms with Crippen LogP contribution in [0.4, 0.5) is 0 Å². The van der Waals surface area contributed by atoms with Crippen molar-refractivity contribution in [1.29, 1.82) is 0 Å². The molecule has 0 spiro atoms. The van der Waals surface area contributed by atoms with Crippen molar-refractivity contribution < 1.29 is 9.53 Å². The Morgan fingerprint density at radius 2 is 1.76 bits per heavy atom. The van der Waals surface area contributed by atoms with Crippen LogP contribution < -0.4 is 0 Å². The number of aromatic nitrogens is 3. The van der Waals surface area contributed by atoms with E-state index >= 15 is 0 Å². The molecular formula is C16H13N3O2. The Labute approximate surface area is 121 Å². The van der Waals surface area contributed by atoms with Gasteiger partial charge in [0.25, 0.3) is 0 Å². The molecule has 0 saturated carbocycles. The molecule has 104 valence electrons. The van der Waals surface area contributed by atoms with Gasteiger partial charge < -0.3 is 4.74 Å². The van der Waals surface area contributed by atoms with Gasteiger partial charge in [-0.05, 0) is 12.1 Å². The van der Waals surface area contributed by atoms with Crippen LogP contribution in [0.5, 0.6) is 0 Å². The van der Waals surface area contributed by atoms with Crippen LogP contribution in [0.2, 0.25) is 0 Å². The van der Waals surface area contributed by atoms with Crippen molar-refractivity contribution in [3.05, 3.63) is 66.4 Å². The molecule has 0 aliphatic carbocycles. The third kappa shape index (κ3) is 2.53. The monoisotopic (exact) mass is 279 g/mol. The predicted molar refractivity (Wildman–Crippen MR) is 78.1 cm³/mol. The number of hydrogen-bond acceptors (Lipinski definition) is 4. The van der Waals surface area contributed by atoms with Gasteiger partial charge in [-0.1, -0.05) is 47.7 Å². The van der Waals surface area contributed by atoms with Gasteiger partial charge in [-0.25, -0.2) is 9.48 Å². The fourth-order valence-corrected chi connectivity index (χ4v) is 2.08. The summed E-state index contributed by atoms with van der Waals surface area (Å²) in [5.74, 6) is -0.401. The van der Waals surface area contributed by atoms with E-state index in [1.54, 1.807) is 29.1 Å². The number of benzene rings is 2. The first-order valence-corrected chi connectivity index (χ1v) is 6.45. The highest BCUT2D eigenvalue weighted by molar-refractivity contribution is 5.93. The average Bonchev–Trinajstić information content (AvgIpc) is 3.05. The Hall–Kier alpha value is -2.95. The highest BCUT2D eigenvalue weighted by atomic mass is 16.5. The summed E-state index contributed by atoms with van der Waals surface area (Å²) >= 11 is 0. The quantitative estimate of drug-likeness (QED) is 0.692. The van der Waals surface area contributed by atoms with Crippen LogP contribution in [0.25, 0.3) is 16.9 Å². The Morgan fingerprint density at radius 3 is 2.52 bits per heavy atom. The average molecular weight is 279 g/mol. The third-order valence-corrected chi connectivity index (χ3v) is 3.12. The molecule has 0 fully saturated rings. The van der Waals surface area contributed by atoms with E-state index in [2.05, 4.69) is 10.3 Å². The van der Waals surface area contributed by atoms with E-state index in [-0.39, 0.29) is 0 Å². The van der Waals surface area contributed by atoms with Crippen molar-refractivity contribution >= 4 is 5.97 Å². The second kappa shape index (κ2) is 5.58. The van der Waals surface area contributed by atoms with Crippen molar-refractivity contribution in [3.8, 4) is 16.9 Å². The summed E-state index contributed by atoms with van der Waals surface area (Å²) in [6.45, 7) is 0. The summed E-state index contributed by atoms with van der Waals surface area (Å²) in [4.78, 5) is 11.8. The molecule has 5 nitrogen and oxygen atoms in total. The molecule has 0 atom stereocenters. The number of carbonyl (C=O) groups excluding carboxylic acids is 1. The maximum Gasteiger partial charge on any atom is 0.340 e. The highest BCUT2D eigenvalue weighted by Crippen LogP contribution is 2.19. The van der Waals surface area contributed by atoms with E-state index in [1.807, 2.05) is 36.4 Å². The van der Waals surface area contributed by atoms with Crippen LogP contribution >= 0.6 is 0 Å². The molecule has 0 saturated heterocycles. The summed E-state index contributed by atoms with van der Waals surface area (Å²) in [6, 6.07) is 16.9. The molecule has 2 aromatic carbocycles. The zero-order valence-corrected chi connectivity index (χ0v) is 11.4. The summed E-state index contributed by atoms with van der Waals surface area (Å²) < 4.78 is 6.37. The largest absolute Gasteiger partial charge is 0.465 e. The van der Waals surface area contributed by atoms with Gasteiger partial charge in [0.1, 0.15) is 5.69 Å². The van der Waals surface area contributed by atoms with E-state index in [9.17, 15) is 4.79 Å². The molecule has 1 heterocycles. The minimum absolute atomic E-state index is 0.401. The molecule has 0 aliphatic rings. The lowest BCUT2D eigenvalue weighted by Crippen LogP contribution is -2.08. The van der Waals surface area contributed by atoms with Crippen LogP contribution in [0.1, 0.15) is 10.4 Å². The van der Waals surface area contributed by atoms with Gasteiger partial charge in [0.05, 0.1) is 24.6 Å². The second-order valence-electron chi connectivity index (χ2n) is 4.42. The van der Waals surface area contributed by atoms with Crippen LogP contribution in [-0.2, 0) is 4.74 Å². The molecule has 0 bridgehead atoms. The Bertz CT molecular complexity index is 766. The molecular weight excluding hydrogens is 266 g/mol. The topological polar surface area (TPSA) is 57.0 Å². The molecule has 0 radical (unpaired) electrons. The van der Waals surface area contributed by atoms with Gasteiger partial charge >= 0.3 is 5.97 Å². The SMILES string of the molecule is COC(=O)c1ccccc1-n1cc(-c2ccccc2)nn1. The predicted octanol–water partition coefficient (Wildman–Crippen LogP) is 2.72. The number of methoxy groups -OCH3 is 1. The lowest BCUT2D eigenvalue weighted by atomic mass is 10.1. The van der Waals surface area contributed by atoms with E-state index in [0.29, 0.717) is 11.3 Å². The van der Waals surface area contributed by atoms with Crippen molar-refractivity contribution in [2.45, 2.75) is 0 Å². The van der Waals surface area contributed by atoms with Gasteiger partial charge in [-0.2, -0.15) is 0 Å². The Morgan fingerprint density at radius 1 is 1.05 bits per heavy atom. The fourth-order valence-electron chi connectivity index (χ4n) is 2.08. The Balaban J connectivity index is 2.03. The van der Waals surface area contributed by atoms with Crippen molar-refractivity contribution in [2.75, 3.05) is 7.11 Å². The molecule has 5 heteroatoms. The first-order valence-electron chi connectivity index (χ1n) is 6.45. The number of hydrogen-bond donors (Lipinski definition) is 0. The first kappa shape index (κ1) is 13.1. The van der Waals surface area contributed by atoms with Gasteiger partial charge in [-0.3, -0.25) is 0 Å². The molecule has 3 aromatic rings. The standard InChI is InChI=1S/C16H13N3O2/c1-21-16(20)13-9-5-6-10-15(13)19-11-14(17-18-19)12-7-3-2-4-8-12/h2-11H,1H3. The van der Waals surface area contributed by atoms with Crippen LogP contribution in [0.15, 0.2) is 60.8 Å². The molecule has 0 unspecified atom stereocenters. The Kier molecular flexibility index (Phi) is 3.47. The smallest absolute Gasteiger partial charge is 0.340 e. The second-order valence-corrected chi connectivity index (χ2v) is 4.42. The highest BCUT2D eigenvalue weighted by Gasteiger charge is 2.14. The van der Waals surface area contributed by atoms with Gasteiger partial charge in [0.15, 0.2) is 0 Å². The lowest BCUT2D eigenvalue weighted by Gasteiger charge is -2.06. The number of nitrogens with zero attached hydrogens (tertiary/aromatic N) is 3. The zero-order valence-electron chi connectivity index (χ0n) is 11.4. The number of ether oxygens (including phenoxy) is 1. The van der Waals surface area contributed by atoms with Gasteiger partial charge in [0, 0.05) is 5.56 Å². The summed E-state index contributed by atoms with van der Waals surface area (Å²) in [5.41, 5.74) is 2.80. The summed E-state index contributed by atoms with van der Waals surface area (Å²) in [7, 11) is 1.36. The first-order chi connectivity index (χ1) is 10.3. The minimum atomic E-state index is -0.401. The number of carbonyl (C=O) groups is 1. The van der Waals surface area contributed by atoms with Crippen molar-refractivity contribution in [1.82, 2.24) is 15.0 Å². The zero-order chi connectivity index (χ0) is 14.7. The maximum absolute atomic E-state index is 11.8. The van der Waals surface area contributed by atoms with Crippen molar-refractivity contribution in [2.24, 2.45) is 0 Å². The summed E-state index contributed by atoms with van der Waals surface area (Å²) in [5, 5.41) is 8.25. The molecule has 1 aromatic heterocycles. The van der Waals surface area contributed by atoms with Gasteiger partial charge in [-0.15, -0.1) is 5.10 Å². The van der Waals surface area contributed by atoms with Crippen LogP contribution in [0.3, 0.4) is 0 Å². The van der Waals surface area contributed by atoms with E-state index in [1.165, 1.54) is 7.11 Å². The number of para-hydroxylation sites is 1. The van der Waals surface area contributed by atoms with E-state index in [0.717, 1.165) is 11.3 Å². The van der Waals surface area contributed by atoms with Crippen LogP contribution in [-0.4, -0.2) is 28.1 Å². The normalized spacial score (nSPS) is 10.3. The van der Waals surface area contributed by atoms with Gasteiger partial charge in [0.2, 0.25) is 0 Å². The van der Waals surface area contributed by atoms with E-state index in [4.69, 9.17) is 4.74 Å². The number of esters is 1. The number of rotatable bonds is 3. The maximum atomic E-state index is 11.8. The molecule has 0 aliphatic heterocycles. The molecule has 21 heavy (non-hydrogen) atoms. The molecule has 0 amide bonds. The summed E-state index contributed by atoms with van der Waals surface area (Å²) in [6.07, 6.45) is 1.79. The lowest BCUT2D eigenvalue weighted by molar-refractivity contribution is 0.0600. The third-order valence-electron chi connectivity index (χ3n) is 3.12. The molecule has 3 rings (SSSR count). The minimum Gasteiger partial charge on any atom is -0.465 e.